The summed E-state index contributed by atoms with van der Waals surface area (Å²) in [5, 5.41) is 29.3. The fourth-order valence-corrected chi connectivity index (χ4v) is 6.10. The average Bonchev–Trinajstić information content (AvgIpc) is 3.13. The Morgan fingerprint density at radius 2 is 1.55 bits per heavy atom. The molecule has 1 aromatic rings. The molecule has 16 heteroatoms. The van der Waals surface area contributed by atoms with Crippen LogP contribution < -0.4 is 5.73 Å². The van der Waals surface area contributed by atoms with Crippen molar-refractivity contribution < 1.29 is 34.1 Å². The molecule has 0 aliphatic carbocycles. The van der Waals surface area contributed by atoms with Gasteiger partial charge < -0.3 is 30.9 Å². The minimum absolute atomic E-state index is 0.0248. The number of hydrazine groups is 1. The van der Waals surface area contributed by atoms with Gasteiger partial charge in [0.15, 0.2) is 22.2 Å². The zero-order chi connectivity index (χ0) is 31.3. The highest BCUT2D eigenvalue weighted by Crippen LogP contribution is 2.56. The molecule has 2 atom stereocenters. The highest BCUT2D eigenvalue weighted by molar-refractivity contribution is 7.13. The molecule has 5 N–H and O–H groups in total. The molecule has 226 valence electrons. The first kappa shape index (κ1) is 33.2. The van der Waals surface area contributed by atoms with Gasteiger partial charge in [-0.05, 0) is 41.5 Å². The Labute approximate surface area is 242 Å². The molecule has 0 radical (unpaired) electrons. The van der Waals surface area contributed by atoms with Crippen LogP contribution in [0.2, 0.25) is 0 Å². The number of hydrogen-bond donors (Lipinski definition) is 4. The van der Waals surface area contributed by atoms with Crippen LogP contribution in [-0.4, -0.2) is 92.7 Å². The molecule has 0 fully saturated rings. The largest absolute Gasteiger partial charge is 0.464 e. The van der Waals surface area contributed by atoms with Gasteiger partial charge in [-0.3, -0.25) is 0 Å². The van der Waals surface area contributed by atoms with Gasteiger partial charge in [0.25, 0.3) is 0 Å². The number of imide groups is 1. The van der Waals surface area contributed by atoms with E-state index in [0.717, 1.165) is 0 Å². The Hall–Kier alpha value is -3.04. The Bertz CT molecular complexity index is 1180. The predicted octanol–water partition coefficient (Wildman–Crippen LogP) is 5.33. The molecule has 2 heterocycles. The van der Waals surface area contributed by atoms with Gasteiger partial charge in [0.05, 0.1) is 12.2 Å². The molecule has 1 aromatic heterocycles. The average molecular weight is 608 g/mol. The van der Waals surface area contributed by atoms with Crippen LogP contribution in [0.4, 0.5) is 23.9 Å². The number of carbonyl (C=O) groups is 3. The number of anilines is 1. The van der Waals surface area contributed by atoms with E-state index in [2.05, 4.69) is 4.98 Å². The van der Waals surface area contributed by atoms with Gasteiger partial charge in [0, 0.05) is 28.9 Å². The molecule has 1 aliphatic heterocycles. The second-order valence-corrected chi connectivity index (χ2v) is 13.9. The first-order chi connectivity index (χ1) is 17.9. The maximum Gasteiger partial charge on any atom is 0.436 e. The number of hydrogen-bond acceptors (Lipinski definition) is 9. The first-order valence-electron chi connectivity index (χ1n) is 12.3. The predicted molar refractivity (Wildman–Crippen MR) is 149 cm³/mol. The number of aromatic nitrogens is 1. The highest BCUT2D eigenvalue weighted by Gasteiger charge is 2.65. The van der Waals surface area contributed by atoms with Crippen molar-refractivity contribution in [3.63, 3.8) is 0 Å². The van der Waals surface area contributed by atoms with Gasteiger partial charge >= 0.3 is 18.3 Å². The quantitative estimate of drug-likeness (QED) is 0.198. The minimum Gasteiger partial charge on any atom is -0.464 e. The summed E-state index contributed by atoms with van der Waals surface area (Å²) in [7, 11) is 1.55. The Morgan fingerprint density at radius 3 is 1.88 bits per heavy atom. The Balaban J connectivity index is 3.14. The lowest BCUT2D eigenvalue weighted by atomic mass is 9.82. The van der Waals surface area contributed by atoms with E-state index >= 15 is 4.39 Å². The summed E-state index contributed by atoms with van der Waals surface area (Å²) < 4.78 is 17.2. The Kier molecular flexibility index (Phi) is 8.91. The maximum absolute atomic E-state index is 17.2. The number of nitrogens with zero attached hydrogens (tertiary/aromatic N) is 6. The van der Waals surface area contributed by atoms with E-state index in [0.29, 0.717) is 10.8 Å². The number of amides is 3. The van der Waals surface area contributed by atoms with Gasteiger partial charge in [0.1, 0.15) is 5.82 Å². The number of halogens is 2. The van der Waals surface area contributed by atoms with Gasteiger partial charge in [-0.15, -0.1) is 16.3 Å². The van der Waals surface area contributed by atoms with Crippen molar-refractivity contribution in [1.82, 2.24) is 29.7 Å². The monoisotopic (exact) mass is 607 g/mol. The minimum atomic E-state index is -2.14. The number of rotatable bonds is 4. The van der Waals surface area contributed by atoms with Gasteiger partial charge in [0.2, 0.25) is 0 Å². The van der Waals surface area contributed by atoms with Gasteiger partial charge in [-0.1, -0.05) is 32.4 Å². The van der Waals surface area contributed by atoms with Crippen LogP contribution in [-0.2, 0) is 6.54 Å². The first-order valence-corrected chi connectivity index (χ1v) is 13.5. The van der Waals surface area contributed by atoms with E-state index in [4.69, 9.17) is 17.3 Å². The zero-order valence-electron chi connectivity index (χ0n) is 24.4. The maximum atomic E-state index is 17.2. The van der Waals surface area contributed by atoms with Crippen molar-refractivity contribution in [3.8, 4) is 0 Å². The van der Waals surface area contributed by atoms with Crippen LogP contribution >= 0.6 is 22.9 Å². The van der Waals surface area contributed by atoms with Crippen LogP contribution in [0, 0.1) is 5.41 Å². The van der Waals surface area contributed by atoms with Crippen molar-refractivity contribution in [2.45, 2.75) is 91.2 Å². The number of carboxylic acid groups (broad SMARTS) is 3. The van der Waals surface area contributed by atoms with Crippen molar-refractivity contribution in [2.24, 2.45) is 5.41 Å². The lowest BCUT2D eigenvalue weighted by molar-refractivity contribution is -0.204. The van der Waals surface area contributed by atoms with Crippen molar-refractivity contribution in [2.75, 3.05) is 12.8 Å². The fraction of sp³-hybridized carbons (Fsp3) is 0.667. The second-order valence-electron chi connectivity index (χ2n) is 12.5. The van der Waals surface area contributed by atoms with Gasteiger partial charge in [-0.2, -0.15) is 5.01 Å². The van der Waals surface area contributed by atoms with Crippen LogP contribution in [0.25, 0.3) is 0 Å². The molecule has 1 aliphatic rings. The summed E-state index contributed by atoms with van der Waals surface area (Å²) in [6.45, 7) is 15.7. The van der Waals surface area contributed by atoms with E-state index in [-0.39, 0.29) is 17.4 Å². The van der Waals surface area contributed by atoms with Crippen molar-refractivity contribution in [1.29, 1.82) is 0 Å². The van der Waals surface area contributed by atoms with Crippen LogP contribution in [0.15, 0.2) is 17.0 Å². The number of alkyl halides is 1. The molecule has 13 nitrogen and oxygen atoms in total. The molecule has 3 amide bonds. The summed E-state index contributed by atoms with van der Waals surface area (Å²) in [4.78, 5) is 45.3. The van der Waals surface area contributed by atoms with Crippen LogP contribution in [0.1, 0.15) is 68.0 Å². The molecule has 0 saturated carbocycles. The van der Waals surface area contributed by atoms with E-state index < -0.39 is 56.9 Å². The summed E-state index contributed by atoms with van der Waals surface area (Å²) in [6.07, 6.45) is -8.42. The van der Waals surface area contributed by atoms with E-state index in [1.54, 1.807) is 79.6 Å². The molecule has 2 unspecified atom stereocenters. The van der Waals surface area contributed by atoms with Crippen LogP contribution in [0.5, 0.6) is 0 Å². The smallest absolute Gasteiger partial charge is 0.436 e. The lowest BCUT2D eigenvalue weighted by Crippen LogP contribution is -2.79. The van der Waals surface area contributed by atoms with Crippen molar-refractivity contribution in [3.05, 3.63) is 22.7 Å². The summed E-state index contributed by atoms with van der Waals surface area (Å²) >= 11 is 8.82. The fourth-order valence-electron chi connectivity index (χ4n) is 4.86. The van der Waals surface area contributed by atoms with Crippen LogP contribution in [0.3, 0.4) is 0 Å². The second kappa shape index (κ2) is 10.7. The molecule has 0 spiro atoms. The number of thiazole rings is 1. The molecule has 40 heavy (non-hydrogen) atoms. The third kappa shape index (κ3) is 5.86. The molecular formula is C24H39ClFN7O6S. The third-order valence-electron chi connectivity index (χ3n) is 6.20. The standard InChI is InChI=1S/C24H39ClFN7O6S/c1-21(2,3)24(25)32(22(4,5)6)15(29(10)11-13-12-40-17(27)28-13)14(26)16(33(24)23(7,8)9)30(18(34)35)31(19(36)37)20(38)39/h12,16H,11H2,1-10H3,(H2,27,28)(H,34,35)(H,36,37)(H,38,39). The van der Waals surface area contributed by atoms with Crippen molar-refractivity contribution >= 4 is 46.3 Å². The molecule has 0 bridgehead atoms. The Morgan fingerprint density at radius 1 is 1.05 bits per heavy atom. The normalized spacial score (nSPS) is 20.9. The molecule has 2 rings (SSSR count). The summed E-state index contributed by atoms with van der Waals surface area (Å²) in [6, 6.07) is 0. The molecular weight excluding hydrogens is 569 g/mol. The number of nitrogens with two attached hydrogens (primary N) is 1. The summed E-state index contributed by atoms with van der Waals surface area (Å²) in [5.74, 6) is -1.30. The van der Waals surface area contributed by atoms with E-state index in [1.165, 1.54) is 21.1 Å². The topological polar surface area (TPSA) is 167 Å². The SMILES string of the molecule is CN(Cc1csc(N)n1)C1=C(F)C(N(C(=O)O)N(C(=O)O)C(=O)O)N(C(C)(C)C)C(Cl)(C(C)(C)C)N1C(C)(C)C. The summed E-state index contributed by atoms with van der Waals surface area (Å²) in [5.41, 5.74) is 3.25. The highest BCUT2D eigenvalue weighted by atomic mass is 35.5. The lowest BCUT2D eigenvalue weighted by Gasteiger charge is -2.67. The number of nitrogen functional groups attached to an aromatic ring is 1. The van der Waals surface area contributed by atoms with Gasteiger partial charge in [-0.25, -0.2) is 28.7 Å². The third-order valence-corrected chi connectivity index (χ3v) is 7.84. The molecule has 0 aromatic carbocycles. The van der Waals surface area contributed by atoms with E-state index in [9.17, 15) is 29.7 Å². The zero-order valence-corrected chi connectivity index (χ0v) is 25.9. The van der Waals surface area contributed by atoms with E-state index in [1.807, 2.05) is 0 Å². The molecule has 0 saturated heterocycles.